The van der Waals surface area contributed by atoms with Crippen molar-refractivity contribution in [3.8, 4) is 5.75 Å². The molecule has 3 fully saturated rings. The number of fused-ring (bicyclic) bond motifs is 1. The van der Waals surface area contributed by atoms with Crippen molar-refractivity contribution in [1.29, 1.82) is 0 Å². The van der Waals surface area contributed by atoms with Crippen molar-refractivity contribution in [3.63, 3.8) is 0 Å². The molecule has 1 unspecified atom stereocenters. The molecule has 0 N–H and O–H groups in total. The quantitative estimate of drug-likeness (QED) is 0.501. The van der Waals surface area contributed by atoms with Gasteiger partial charge in [0.25, 0.3) is 0 Å². The zero-order valence-corrected chi connectivity index (χ0v) is 22.5. The molecule has 0 saturated carbocycles. The van der Waals surface area contributed by atoms with Crippen LogP contribution in [0.1, 0.15) is 36.0 Å². The Labute approximate surface area is 231 Å². The average Bonchev–Trinajstić information content (AvgIpc) is 3.50. The molecular formula is C30H32F3N3O4. The molecule has 0 radical (unpaired) electrons. The van der Waals surface area contributed by atoms with Gasteiger partial charge in [-0.2, -0.15) is 0 Å². The number of nitrogens with zero attached hydrogens (tertiary/aromatic N) is 3. The number of carbonyl (C=O) groups excluding carboxylic acids is 3. The predicted octanol–water partition coefficient (Wildman–Crippen LogP) is 4.72. The van der Waals surface area contributed by atoms with Gasteiger partial charge < -0.3 is 19.4 Å². The Bertz CT molecular complexity index is 1300. The first-order chi connectivity index (χ1) is 19.0. The van der Waals surface area contributed by atoms with E-state index < -0.39 is 6.36 Å². The molecule has 2 aromatic carbocycles. The first kappa shape index (κ1) is 27.7. The lowest BCUT2D eigenvalue weighted by Gasteiger charge is -2.38. The maximum atomic E-state index is 13.6. The normalized spacial score (nSPS) is 23.2. The van der Waals surface area contributed by atoms with Gasteiger partial charge in [0.1, 0.15) is 5.75 Å². The Hall–Kier alpha value is -3.82. The molecule has 10 heteroatoms. The molecule has 3 saturated heterocycles. The highest BCUT2D eigenvalue weighted by Gasteiger charge is 2.45. The van der Waals surface area contributed by atoms with Crippen LogP contribution in [0.2, 0.25) is 0 Å². The van der Waals surface area contributed by atoms with Crippen molar-refractivity contribution in [2.75, 3.05) is 31.1 Å². The number of rotatable bonds is 5. The first-order valence-electron chi connectivity index (χ1n) is 13.5. The average molecular weight is 556 g/mol. The van der Waals surface area contributed by atoms with Crippen LogP contribution in [0, 0.1) is 25.7 Å². The maximum Gasteiger partial charge on any atom is 0.573 e. The number of anilines is 1. The second-order valence-electron chi connectivity index (χ2n) is 10.8. The number of hydrogen-bond acceptors (Lipinski definition) is 4. The van der Waals surface area contributed by atoms with Crippen molar-refractivity contribution in [2.24, 2.45) is 11.8 Å². The van der Waals surface area contributed by atoms with Gasteiger partial charge in [-0.05, 0) is 67.5 Å². The van der Waals surface area contributed by atoms with Crippen LogP contribution in [0.25, 0.3) is 6.08 Å². The number of halogens is 3. The van der Waals surface area contributed by atoms with E-state index in [-0.39, 0.29) is 47.8 Å². The summed E-state index contributed by atoms with van der Waals surface area (Å²) in [6, 6.07) is 11.3. The molecule has 3 aliphatic rings. The van der Waals surface area contributed by atoms with Crippen molar-refractivity contribution in [1.82, 2.24) is 9.80 Å². The number of carbonyl (C=O) groups is 3. The third-order valence-electron chi connectivity index (χ3n) is 8.15. The molecule has 3 atom stereocenters. The summed E-state index contributed by atoms with van der Waals surface area (Å²) >= 11 is 0. The van der Waals surface area contributed by atoms with Crippen molar-refractivity contribution < 1.29 is 32.3 Å². The Morgan fingerprint density at radius 3 is 2.35 bits per heavy atom. The number of piperidine rings is 1. The maximum absolute atomic E-state index is 13.6. The number of para-hydroxylation sites is 1. The molecule has 0 aliphatic carbocycles. The van der Waals surface area contributed by atoms with E-state index in [0.29, 0.717) is 38.2 Å². The minimum Gasteiger partial charge on any atom is -0.406 e. The molecule has 5 rings (SSSR count). The summed E-state index contributed by atoms with van der Waals surface area (Å²) in [4.78, 5) is 44.7. The minimum atomic E-state index is -4.75. The molecule has 2 aromatic rings. The van der Waals surface area contributed by atoms with E-state index in [1.165, 1.54) is 30.3 Å². The number of ether oxygens (including phenoxy) is 1. The predicted molar refractivity (Wildman–Crippen MR) is 143 cm³/mol. The summed E-state index contributed by atoms with van der Waals surface area (Å²) in [7, 11) is 0. The number of likely N-dealkylation sites (tertiary alicyclic amines) is 2. The largest absolute Gasteiger partial charge is 0.573 e. The standard InChI is InChI=1S/C30H32F3N3O4/c1-19-4-3-5-20(2)28(19)36-18-23(16-27(36)38)29(39)35-15-12-22-17-34(14-13-25(22)35)26(37)11-8-21-6-9-24(10-7-21)40-30(31,32)33/h3-11,22-23,25H,12-18H2,1-2H3/b11-8+/t22-,23?,25-/m0/s1. The molecule has 0 bridgehead atoms. The lowest BCUT2D eigenvalue weighted by atomic mass is 9.92. The van der Waals surface area contributed by atoms with Crippen LogP contribution in [0.15, 0.2) is 48.5 Å². The van der Waals surface area contributed by atoms with Gasteiger partial charge in [-0.1, -0.05) is 30.3 Å². The lowest BCUT2D eigenvalue weighted by molar-refractivity contribution is -0.274. The smallest absolute Gasteiger partial charge is 0.406 e. The van der Waals surface area contributed by atoms with E-state index in [9.17, 15) is 27.6 Å². The molecule has 7 nitrogen and oxygen atoms in total. The molecule has 3 aliphatic heterocycles. The second kappa shape index (κ2) is 11.0. The Balaban J connectivity index is 1.16. The van der Waals surface area contributed by atoms with Gasteiger partial charge in [-0.3, -0.25) is 14.4 Å². The highest BCUT2D eigenvalue weighted by Crippen LogP contribution is 2.36. The lowest BCUT2D eigenvalue weighted by Crippen LogP contribution is -2.50. The second-order valence-corrected chi connectivity index (χ2v) is 10.8. The first-order valence-corrected chi connectivity index (χ1v) is 13.5. The summed E-state index contributed by atoms with van der Waals surface area (Å²) in [6.07, 6.45) is -0.0969. The molecule has 0 spiro atoms. The van der Waals surface area contributed by atoms with Crippen LogP contribution in [-0.2, 0) is 14.4 Å². The fourth-order valence-corrected chi connectivity index (χ4v) is 6.27. The molecule has 212 valence electrons. The third-order valence-corrected chi connectivity index (χ3v) is 8.15. The van der Waals surface area contributed by atoms with E-state index in [2.05, 4.69) is 4.74 Å². The summed E-state index contributed by atoms with van der Waals surface area (Å²) < 4.78 is 40.9. The Morgan fingerprint density at radius 1 is 0.975 bits per heavy atom. The van der Waals surface area contributed by atoms with E-state index in [1.807, 2.05) is 36.9 Å². The van der Waals surface area contributed by atoms with Crippen molar-refractivity contribution in [2.45, 2.75) is 45.5 Å². The zero-order valence-electron chi connectivity index (χ0n) is 22.5. The molecule has 0 aromatic heterocycles. The molecule has 3 amide bonds. The van der Waals surface area contributed by atoms with Gasteiger partial charge in [-0.25, -0.2) is 0 Å². The fraction of sp³-hybridized carbons (Fsp3) is 0.433. The highest BCUT2D eigenvalue weighted by atomic mass is 19.4. The summed E-state index contributed by atoms with van der Waals surface area (Å²) in [5.74, 6) is -0.710. The summed E-state index contributed by atoms with van der Waals surface area (Å²) in [5, 5.41) is 0. The van der Waals surface area contributed by atoms with Crippen molar-refractivity contribution >= 4 is 29.5 Å². The fourth-order valence-electron chi connectivity index (χ4n) is 6.27. The van der Waals surface area contributed by atoms with Gasteiger partial charge >= 0.3 is 6.36 Å². The summed E-state index contributed by atoms with van der Waals surface area (Å²) in [6.45, 7) is 5.99. The number of aryl methyl sites for hydroxylation is 2. The van der Waals surface area contributed by atoms with E-state index in [1.54, 1.807) is 15.9 Å². The van der Waals surface area contributed by atoms with Gasteiger partial charge in [0.05, 0.1) is 5.92 Å². The van der Waals surface area contributed by atoms with E-state index in [4.69, 9.17) is 0 Å². The SMILES string of the molecule is Cc1cccc(C)c1N1CC(C(=O)N2CC[C@H]3CN(C(=O)/C=C/c4ccc(OC(F)(F)F)cc4)CC[C@@H]32)CC1=O. The van der Waals surface area contributed by atoms with Crippen LogP contribution in [0.3, 0.4) is 0 Å². The Kier molecular flexibility index (Phi) is 7.61. The summed E-state index contributed by atoms with van der Waals surface area (Å²) in [5.41, 5.74) is 3.51. The molecular weight excluding hydrogens is 523 g/mol. The number of benzene rings is 2. The number of amides is 3. The zero-order chi connectivity index (χ0) is 28.6. The Morgan fingerprint density at radius 2 is 1.68 bits per heavy atom. The van der Waals surface area contributed by atoms with Gasteiger partial charge in [0.15, 0.2) is 0 Å². The van der Waals surface area contributed by atoms with Gasteiger partial charge in [0, 0.05) is 50.4 Å². The van der Waals surface area contributed by atoms with E-state index in [0.717, 1.165) is 23.2 Å². The minimum absolute atomic E-state index is 0.0206. The van der Waals surface area contributed by atoms with Crippen LogP contribution in [-0.4, -0.2) is 66.1 Å². The number of hydrogen-bond donors (Lipinski definition) is 0. The van der Waals surface area contributed by atoms with E-state index >= 15 is 0 Å². The molecule has 40 heavy (non-hydrogen) atoms. The van der Waals surface area contributed by atoms with Crippen LogP contribution in [0.4, 0.5) is 18.9 Å². The van der Waals surface area contributed by atoms with Crippen LogP contribution >= 0.6 is 0 Å². The highest BCUT2D eigenvalue weighted by molar-refractivity contribution is 6.01. The van der Waals surface area contributed by atoms with Gasteiger partial charge in [0.2, 0.25) is 17.7 Å². The van der Waals surface area contributed by atoms with Gasteiger partial charge in [-0.15, -0.1) is 13.2 Å². The monoisotopic (exact) mass is 555 g/mol. The van der Waals surface area contributed by atoms with Crippen molar-refractivity contribution in [3.05, 3.63) is 65.2 Å². The third kappa shape index (κ3) is 5.85. The number of alkyl halides is 3. The van der Waals surface area contributed by atoms with Crippen LogP contribution in [0.5, 0.6) is 5.75 Å². The topological polar surface area (TPSA) is 70.2 Å². The molecule has 3 heterocycles. The van der Waals surface area contributed by atoms with Crippen LogP contribution < -0.4 is 9.64 Å².